The predicted octanol–water partition coefficient (Wildman–Crippen LogP) is -1.27. The molecule has 1 aromatic rings. The second kappa shape index (κ2) is 6.79. The van der Waals surface area contributed by atoms with Gasteiger partial charge in [0.25, 0.3) is 5.91 Å². The van der Waals surface area contributed by atoms with Crippen molar-refractivity contribution in [1.29, 1.82) is 0 Å². The van der Waals surface area contributed by atoms with Crippen molar-refractivity contribution >= 4 is 28.9 Å². The highest BCUT2D eigenvalue weighted by Crippen LogP contribution is 2.57. The number of nitrogens with one attached hydrogen (secondary N) is 1. The molecule has 11 heteroatoms. The highest BCUT2D eigenvalue weighted by Gasteiger charge is 2.66. The topological polar surface area (TPSA) is 222 Å². The van der Waals surface area contributed by atoms with Crippen LogP contribution in [0, 0.1) is 11.3 Å². The fraction of sp³-hybridized carbons (Fsp3) is 0.381. The van der Waals surface area contributed by atoms with Crippen LogP contribution in [-0.2, 0) is 20.8 Å². The molecule has 11 N–H and O–H groups in total. The summed E-state index contributed by atoms with van der Waals surface area (Å²) in [4.78, 5) is 38.1. The molecule has 1 aromatic carbocycles. The van der Waals surface area contributed by atoms with Gasteiger partial charge in [-0.3, -0.25) is 14.4 Å². The standard InChI is InChI=1S/C21H24N4O7/c1-25-9-2-3-10(26)11-7(9)4-20(6-22)5-8-14(23)16(28)12(19(24)31)17(29)21(8,32)18(30)13(20)15(11)27/h2-3,8,14,25-27,29,32H,4-6,22-23H2,1H3,(H2,24,31)/t8?,14-,20-,21+/m0/s1. The Morgan fingerprint density at radius 3 is 2.47 bits per heavy atom. The Kier molecular flexibility index (Phi) is 4.63. The van der Waals surface area contributed by atoms with Gasteiger partial charge in [-0.2, -0.15) is 0 Å². The number of anilines is 1. The first-order chi connectivity index (χ1) is 15.0. The van der Waals surface area contributed by atoms with Gasteiger partial charge in [-0.1, -0.05) is 0 Å². The maximum absolute atomic E-state index is 13.7. The molecule has 0 spiro atoms. The number of aromatic hydroxyl groups is 1. The number of Topliss-reactive ketones (excluding diaryl/α,β-unsaturated/α-hetero) is 2. The summed E-state index contributed by atoms with van der Waals surface area (Å²) in [6.07, 6.45) is -0.0818. The van der Waals surface area contributed by atoms with E-state index in [1.54, 1.807) is 13.1 Å². The molecule has 1 fully saturated rings. The smallest absolute Gasteiger partial charge is 0.255 e. The van der Waals surface area contributed by atoms with Crippen LogP contribution in [0.3, 0.4) is 0 Å². The molecule has 32 heavy (non-hydrogen) atoms. The van der Waals surface area contributed by atoms with E-state index in [1.165, 1.54) is 6.07 Å². The molecular weight excluding hydrogens is 420 g/mol. The molecule has 0 aliphatic heterocycles. The molecule has 1 amide bonds. The van der Waals surface area contributed by atoms with Crippen LogP contribution in [0.1, 0.15) is 17.5 Å². The summed E-state index contributed by atoms with van der Waals surface area (Å²) in [5.74, 6) is -6.94. The lowest BCUT2D eigenvalue weighted by Gasteiger charge is -2.53. The van der Waals surface area contributed by atoms with Gasteiger partial charge in [0.1, 0.15) is 22.8 Å². The first-order valence-electron chi connectivity index (χ1n) is 9.93. The van der Waals surface area contributed by atoms with Crippen molar-refractivity contribution in [3.05, 3.63) is 40.2 Å². The molecule has 0 bridgehead atoms. The number of hydrogen-bond acceptors (Lipinski definition) is 10. The second-order valence-corrected chi connectivity index (χ2v) is 8.50. The van der Waals surface area contributed by atoms with Crippen molar-refractivity contribution in [2.45, 2.75) is 24.5 Å². The third kappa shape index (κ3) is 2.43. The summed E-state index contributed by atoms with van der Waals surface area (Å²) in [5, 5.41) is 46.5. The number of phenols is 1. The van der Waals surface area contributed by atoms with Crippen LogP contribution in [0.25, 0.3) is 5.76 Å². The Morgan fingerprint density at radius 2 is 1.91 bits per heavy atom. The summed E-state index contributed by atoms with van der Waals surface area (Å²) in [5.41, 5.74) is 13.1. The molecule has 4 rings (SSSR count). The van der Waals surface area contributed by atoms with Gasteiger partial charge in [0, 0.05) is 36.2 Å². The van der Waals surface area contributed by atoms with E-state index in [1.807, 2.05) is 0 Å². The summed E-state index contributed by atoms with van der Waals surface area (Å²) in [7, 11) is 1.65. The van der Waals surface area contributed by atoms with E-state index in [0.717, 1.165) is 0 Å². The zero-order valence-electron chi connectivity index (χ0n) is 17.2. The highest BCUT2D eigenvalue weighted by atomic mass is 16.3. The first-order valence-corrected chi connectivity index (χ1v) is 9.93. The van der Waals surface area contributed by atoms with Crippen LogP contribution in [0.5, 0.6) is 5.75 Å². The lowest BCUT2D eigenvalue weighted by molar-refractivity contribution is -0.152. The van der Waals surface area contributed by atoms with Crippen molar-refractivity contribution in [2.75, 3.05) is 18.9 Å². The quantitative estimate of drug-likeness (QED) is 0.204. The lowest BCUT2D eigenvalue weighted by Crippen LogP contribution is -2.67. The van der Waals surface area contributed by atoms with Crippen LogP contribution >= 0.6 is 0 Å². The summed E-state index contributed by atoms with van der Waals surface area (Å²) in [6, 6.07) is 1.41. The number of phenolic OH excluding ortho intramolecular Hbond substituents is 1. The molecule has 1 saturated carbocycles. The van der Waals surface area contributed by atoms with E-state index in [-0.39, 0.29) is 36.3 Å². The maximum Gasteiger partial charge on any atom is 0.255 e. The summed E-state index contributed by atoms with van der Waals surface area (Å²) < 4.78 is 0. The average molecular weight is 444 g/mol. The van der Waals surface area contributed by atoms with Gasteiger partial charge in [-0.15, -0.1) is 0 Å². The van der Waals surface area contributed by atoms with Gasteiger partial charge in [-0.05, 0) is 30.5 Å². The Bertz CT molecular complexity index is 1160. The molecule has 11 nitrogen and oxygen atoms in total. The van der Waals surface area contributed by atoms with Crippen molar-refractivity contribution in [2.24, 2.45) is 28.5 Å². The van der Waals surface area contributed by atoms with E-state index >= 15 is 0 Å². The number of primary amides is 1. The number of carbonyl (C=O) groups is 3. The van der Waals surface area contributed by atoms with E-state index < -0.39 is 57.5 Å². The summed E-state index contributed by atoms with van der Waals surface area (Å²) in [6.45, 7) is -0.170. The van der Waals surface area contributed by atoms with Crippen molar-refractivity contribution in [3.8, 4) is 5.75 Å². The monoisotopic (exact) mass is 444 g/mol. The Balaban J connectivity index is 2.05. The minimum Gasteiger partial charge on any atom is -0.508 e. The number of hydrogen-bond donors (Lipinski definition) is 8. The zero-order chi connectivity index (χ0) is 23.7. The Labute approximate surface area is 182 Å². The highest BCUT2D eigenvalue weighted by molar-refractivity contribution is 6.24. The summed E-state index contributed by atoms with van der Waals surface area (Å²) >= 11 is 0. The normalized spacial score (nSPS) is 31.8. The Morgan fingerprint density at radius 1 is 1.25 bits per heavy atom. The van der Waals surface area contributed by atoms with Gasteiger partial charge in [0.15, 0.2) is 11.4 Å². The van der Waals surface area contributed by atoms with Gasteiger partial charge in [0.2, 0.25) is 5.78 Å². The molecule has 4 atom stereocenters. The number of carbonyl (C=O) groups excluding carboxylic acids is 3. The fourth-order valence-electron chi connectivity index (χ4n) is 5.39. The maximum atomic E-state index is 13.7. The van der Waals surface area contributed by atoms with Crippen LogP contribution in [0.2, 0.25) is 0 Å². The molecule has 0 saturated heterocycles. The fourth-order valence-corrected chi connectivity index (χ4v) is 5.39. The number of aliphatic hydroxyl groups excluding tert-OH is 2. The van der Waals surface area contributed by atoms with Crippen LogP contribution < -0.4 is 22.5 Å². The van der Waals surface area contributed by atoms with E-state index in [9.17, 15) is 34.8 Å². The van der Waals surface area contributed by atoms with Crippen molar-refractivity contribution in [1.82, 2.24) is 0 Å². The largest absolute Gasteiger partial charge is 0.508 e. The SMILES string of the molecule is CNc1ccc(O)c2c1C[C@@]1(CN)CC3[C@H](N)C(=O)C(C(N)=O)=C(O)[C@@]3(O)C(=O)C1=C2O. The number of ketones is 2. The van der Waals surface area contributed by atoms with Crippen LogP contribution in [0.15, 0.2) is 29.0 Å². The minimum absolute atomic E-state index is 0.0129. The molecule has 0 aromatic heterocycles. The van der Waals surface area contributed by atoms with Crippen LogP contribution in [0.4, 0.5) is 5.69 Å². The number of benzene rings is 1. The van der Waals surface area contributed by atoms with Gasteiger partial charge in [0.05, 0.1) is 11.6 Å². The minimum atomic E-state index is -2.77. The zero-order valence-corrected chi connectivity index (χ0v) is 17.2. The van der Waals surface area contributed by atoms with E-state index in [2.05, 4.69) is 5.32 Å². The Hall–Kier alpha value is -3.41. The third-order valence-corrected chi connectivity index (χ3v) is 7.02. The van der Waals surface area contributed by atoms with Gasteiger partial charge >= 0.3 is 0 Å². The molecule has 1 unspecified atom stereocenters. The molecule has 3 aliphatic carbocycles. The van der Waals surface area contributed by atoms with Gasteiger partial charge in [-0.25, -0.2) is 0 Å². The molecule has 0 radical (unpaired) electrons. The van der Waals surface area contributed by atoms with E-state index in [0.29, 0.717) is 11.3 Å². The van der Waals surface area contributed by atoms with Gasteiger partial charge < -0.3 is 42.9 Å². The third-order valence-electron chi connectivity index (χ3n) is 7.02. The molecule has 3 aliphatic rings. The second-order valence-electron chi connectivity index (χ2n) is 8.50. The molecule has 0 heterocycles. The molecule has 170 valence electrons. The predicted molar refractivity (Wildman–Crippen MR) is 112 cm³/mol. The van der Waals surface area contributed by atoms with E-state index in [4.69, 9.17) is 17.2 Å². The van der Waals surface area contributed by atoms with Crippen molar-refractivity contribution < 1.29 is 34.8 Å². The van der Waals surface area contributed by atoms with Crippen LogP contribution in [-0.4, -0.2) is 63.1 Å². The first kappa shape index (κ1) is 21.8. The lowest BCUT2D eigenvalue weighted by atomic mass is 9.52. The van der Waals surface area contributed by atoms with Crippen molar-refractivity contribution in [3.63, 3.8) is 0 Å². The average Bonchev–Trinajstić information content (AvgIpc) is 2.74. The number of fused-ring (bicyclic) bond motifs is 3. The number of amides is 1. The molecular formula is C21H24N4O7. The number of rotatable bonds is 3. The number of nitrogens with two attached hydrogens (primary N) is 3. The number of aliphatic hydroxyl groups is 3.